The minimum Gasteiger partial charge on any atom is -0.530 e. The van der Waals surface area contributed by atoms with E-state index in [-0.39, 0.29) is 43.7 Å². The number of benzene rings is 2. The van der Waals surface area contributed by atoms with E-state index in [1.165, 1.54) is 4.90 Å². The molecule has 40 heavy (non-hydrogen) atoms. The first-order valence-corrected chi connectivity index (χ1v) is 12.2. The fourth-order valence-corrected chi connectivity index (χ4v) is 4.83. The summed E-state index contributed by atoms with van der Waals surface area (Å²) in [5.74, 6) is -0.115. The molecule has 0 bridgehead atoms. The van der Waals surface area contributed by atoms with Gasteiger partial charge in [0.05, 0.1) is 36.0 Å². The molecule has 9 nitrogen and oxygen atoms in total. The van der Waals surface area contributed by atoms with Gasteiger partial charge in [0.2, 0.25) is 0 Å². The van der Waals surface area contributed by atoms with Crippen LogP contribution in [0.2, 0.25) is 0 Å². The van der Waals surface area contributed by atoms with Gasteiger partial charge in [0, 0.05) is 13.1 Å². The van der Waals surface area contributed by atoms with Crippen LogP contribution < -0.4 is 14.9 Å². The lowest BCUT2D eigenvalue weighted by molar-refractivity contribution is -0.246. The number of aliphatic hydroxyl groups is 1. The quantitative estimate of drug-likeness (QED) is 0.445. The zero-order valence-electron chi connectivity index (χ0n) is 21.4. The molecule has 3 aromatic rings. The van der Waals surface area contributed by atoms with E-state index in [1.807, 2.05) is 0 Å². The van der Waals surface area contributed by atoms with Gasteiger partial charge in [0.15, 0.2) is 0 Å². The Labute approximate surface area is 224 Å². The molecule has 15 heteroatoms. The Morgan fingerprint density at radius 3 is 2.33 bits per heavy atom. The highest BCUT2D eigenvalue weighted by Gasteiger charge is 2.38. The van der Waals surface area contributed by atoms with Crippen LogP contribution in [0.15, 0.2) is 30.3 Å². The number of aliphatic hydroxyl groups excluding tert-OH is 1. The first-order chi connectivity index (χ1) is 18.7. The maximum Gasteiger partial charge on any atom is 0.416 e. The van der Waals surface area contributed by atoms with Crippen LogP contribution in [-0.4, -0.2) is 44.6 Å². The standard InChI is InChI=1S/C25H26F6N6O3/c1-14-5-6-19-20(4-3-7-35(23(39)40)21(19)15(14)2)36(22-32-34-37(33-22)8-9-38)13-16-10-17(24(26,27)28)12-18(11-16)25(29,30)31/h5-6,10-12,20,38H,3-4,7-9,13H2,1-2H3,(H,39,40)/p-1/t20-/m0/s1. The average molecular weight is 572 g/mol. The summed E-state index contributed by atoms with van der Waals surface area (Å²) < 4.78 is 81.5. The second kappa shape index (κ2) is 10.9. The summed E-state index contributed by atoms with van der Waals surface area (Å²) in [5.41, 5.74) is -1.05. The van der Waals surface area contributed by atoms with Crippen LogP contribution in [0.1, 0.15) is 52.3 Å². The topological polar surface area (TPSA) is 110 Å². The van der Waals surface area contributed by atoms with Crippen LogP contribution in [0, 0.1) is 13.8 Å². The van der Waals surface area contributed by atoms with Crippen molar-refractivity contribution in [1.82, 2.24) is 20.2 Å². The van der Waals surface area contributed by atoms with Crippen molar-refractivity contribution in [2.75, 3.05) is 23.0 Å². The number of carbonyl (C=O) groups excluding carboxylic acids is 1. The average Bonchev–Trinajstić information content (AvgIpc) is 3.23. The molecule has 1 N–H and O–H groups in total. The predicted octanol–water partition coefficient (Wildman–Crippen LogP) is 4.01. The number of fused-ring (bicyclic) bond motifs is 1. The van der Waals surface area contributed by atoms with E-state index in [0.29, 0.717) is 35.4 Å². The van der Waals surface area contributed by atoms with E-state index >= 15 is 0 Å². The number of aromatic nitrogens is 4. The van der Waals surface area contributed by atoms with Gasteiger partial charge in [0.1, 0.15) is 6.09 Å². The van der Waals surface area contributed by atoms with Crippen molar-refractivity contribution in [3.05, 3.63) is 63.7 Å². The highest BCUT2D eigenvalue weighted by Crippen LogP contribution is 2.42. The Hall–Kier alpha value is -3.88. The molecular formula is C25H25F6N6O3-. The Kier molecular flexibility index (Phi) is 7.97. The summed E-state index contributed by atoms with van der Waals surface area (Å²) in [6.45, 7) is 2.68. The van der Waals surface area contributed by atoms with Gasteiger partial charge in [-0.15, -0.1) is 5.10 Å². The molecule has 2 heterocycles. The van der Waals surface area contributed by atoms with Crippen LogP contribution in [0.5, 0.6) is 0 Å². The molecule has 2 aromatic carbocycles. The van der Waals surface area contributed by atoms with Crippen molar-refractivity contribution in [3.8, 4) is 0 Å². The third kappa shape index (κ3) is 5.98. The first-order valence-electron chi connectivity index (χ1n) is 12.2. The van der Waals surface area contributed by atoms with Gasteiger partial charge >= 0.3 is 12.4 Å². The van der Waals surface area contributed by atoms with Crippen LogP contribution in [0.25, 0.3) is 0 Å². The van der Waals surface area contributed by atoms with E-state index in [0.717, 1.165) is 15.3 Å². The summed E-state index contributed by atoms with van der Waals surface area (Å²) in [6.07, 6.45) is -11.0. The number of hydrogen-bond donors (Lipinski definition) is 1. The molecule has 0 aliphatic carbocycles. The van der Waals surface area contributed by atoms with Gasteiger partial charge in [-0.3, -0.25) is 0 Å². The molecule has 0 saturated heterocycles. The summed E-state index contributed by atoms with van der Waals surface area (Å²) in [6, 6.07) is 3.98. The Bertz CT molecular complexity index is 1360. The van der Waals surface area contributed by atoms with Gasteiger partial charge in [-0.25, -0.2) is 0 Å². The number of carboxylic acid groups (broad SMARTS) is 1. The van der Waals surface area contributed by atoms with Crippen molar-refractivity contribution in [2.24, 2.45) is 0 Å². The van der Waals surface area contributed by atoms with Crippen LogP contribution >= 0.6 is 0 Å². The molecule has 1 aliphatic heterocycles. The van der Waals surface area contributed by atoms with Crippen LogP contribution in [0.3, 0.4) is 0 Å². The number of hydrogen-bond acceptors (Lipinski definition) is 7. The van der Waals surface area contributed by atoms with Crippen molar-refractivity contribution < 1.29 is 41.4 Å². The number of halogens is 6. The smallest absolute Gasteiger partial charge is 0.416 e. The van der Waals surface area contributed by atoms with Crippen molar-refractivity contribution in [1.29, 1.82) is 0 Å². The lowest BCUT2D eigenvalue weighted by atomic mass is 9.94. The third-order valence-corrected chi connectivity index (χ3v) is 6.82. The fourth-order valence-electron chi connectivity index (χ4n) is 4.83. The molecule has 0 radical (unpaired) electrons. The Morgan fingerprint density at radius 1 is 1.10 bits per heavy atom. The summed E-state index contributed by atoms with van der Waals surface area (Å²) in [7, 11) is 0. The number of tetrazole rings is 1. The highest BCUT2D eigenvalue weighted by atomic mass is 19.4. The zero-order valence-corrected chi connectivity index (χ0v) is 21.4. The monoisotopic (exact) mass is 571 g/mol. The lowest BCUT2D eigenvalue weighted by Gasteiger charge is -2.33. The molecule has 4 rings (SSSR count). The molecule has 1 aromatic heterocycles. The molecule has 216 valence electrons. The molecule has 0 fully saturated rings. The highest BCUT2D eigenvalue weighted by molar-refractivity contribution is 5.88. The van der Waals surface area contributed by atoms with E-state index in [4.69, 9.17) is 0 Å². The minimum absolute atomic E-state index is 0.0500. The van der Waals surface area contributed by atoms with Gasteiger partial charge in [-0.05, 0) is 72.4 Å². The number of anilines is 2. The molecule has 1 aliphatic rings. The fraction of sp³-hybridized carbons (Fsp3) is 0.440. The molecule has 1 amide bonds. The molecule has 0 spiro atoms. The minimum atomic E-state index is -5.04. The first kappa shape index (κ1) is 29.1. The third-order valence-electron chi connectivity index (χ3n) is 6.82. The summed E-state index contributed by atoms with van der Waals surface area (Å²) in [4.78, 5) is 15.6. The Morgan fingerprint density at radius 2 is 1.75 bits per heavy atom. The van der Waals surface area contributed by atoms with E-state index in [9.17, 15) is 41.4 Å². The van der Waals surface area contributed by atoms with E-state index in [2.05, 4.69) is 15.4 Å². The van der Waals surface area contributed by atoms with Gasteiger partial charge in [-0.2, -0.15) is 31.1 Å². The summed E-state index contributed by atoms with van der Waals surface area (Å²) >= 11 is 0. The normalized spacial score (nSPS) is 16.0. The zero-order chi connectivity index (χ0) is 29.4. The second-order valence-corrected chi connectivity index (χ2v) is 9.47. The second-order valence-electron chi connectivity index (χ2n) is 9.47. The summed E-state index contributed by atoms with van der Waals surface area (Å²) in [5, 5.41) is 33.3. The SMILES string of the molecule is Cc1ccc2c(c1C)N(C(=O)[O-])CCC[C@@H]2N(Cc1cc(C(F)(F)F)cc(C(F)(F)F)c1)c1nnn(CCO)n1. The predicted molar refractivity (Wildman–Crippen MR) is 128 cm³/mol. The number of aryl methyl sites for hydroxylation is 1. The van der Waals surface area contributed by atoms with E-state index < -0.39 is 42.2 Å². The van der Waals surface area contributed by atoms with E-state index in [1.54, 1.807) is 26.0 Å². The van der Waals surface area contributed by atoms with Crippen LogP contribution in [0.4, 0.5) is 42.8 Å². The van der Waals surface area contributed by atoms with Crippen LogP contribution in [-0.2, 0) is 25.4 Å². The van der Waals surface area contributed by atoms with Gasteiger partial charge < -0.3 is 24.8 Å². The Balaban J connectivity index is 1.90. The molecule has 0 unspecified atom stereocenters. The largest absolute Gasteiger partial charge is 0.530 e. The number of carbonyl (C=O) groups is 1. The number of nitrogens with zero attached hydrogens (tertiary/aromatic N) is 6. The maximum absolute atomic E-state index is 13.6. The van der Waals surface area contributed by atoms with Crippen molar-refractivity contribution >= 4 is 17.7 Å². The lowest BCUT2D eigenvalue weighted by Crippen LogP contribution is -2.42. The van der Waals surface area contributed by atoms with Crippen molar-refractivity contribution in [3.63, 3.8) is 0 Å². The number of amides is 1. The number of rotatable bonds is 6. The maximum atomic E-state index is 13.6. The molecule has 1 atom stereocenters. The molecule has 0 saturated carbocycles. The van der Waals surface area contributed by atoms with Gasteiger partial charge in [-0.1, -0.05) is 17.2 Å². The van der Waals surface area contributed by atoms with Crippen molar-refractivity contribution in [2.45, 2.75) is 58.2 Å². The number of alkyl halides is 6. The molecular weight excluding hydrogens is 546 g/mol. The van der Waals surface area contributed by atoms with Gasteiger partial charge in [0.25, 0.3) is 5.95 Å².